The lowest BCUT2D eigenvalue weighted by Crippen LogP contribution is -2.50. The summed E-state index contributed by atoms with van der Waals surface area (Å²) in [6.07, 6.45) is 14.9. The number of carbonyl (C=O) groups is 3. The van der Waals surface area contributed by atoms with Crippen molar-refractivity contribution in [3.8, 4) is 5.75 Å². The lowest BCUT2D eigenvalue weighted by molar-refractivity contribution is -0.125. The SMILES string of the molecule is C=C[C@H](CC1CC2(CCCCC2)NC1=O)NC(=O)[C@H](CC1CCCCC1)NC(=O)c1cc2c(OC)cccc2[nH]1. The first-order valence-electron chi connectivity index (χ1n) is 15.1. The van der Waals surface area contributed by atoms with Gasteiger partial charge in [-0.05, 0) is 56.2 Å². The Morgan fingerprint density at radius 3 is 2.58 bits per heavy atom. The van der Waals surface area contributed by atoms with Crippen LogP contribution in [0.15, 0.2) is 36.9 Å². The molecule has 2 saturated carbocycles. The molecular weight excluding hydrogens is 504 g/mol. The molecule has 3 atom stereocenters. The molecule has 2 aliphatic carbocycles. The Kier molecular flexibility index (Phi) is 8.81. The van der Waals surface area contributed by atoms with E-state index in [9.17, 15) is 14.4 Å². The molecule has 2 aromatic rings. The van der Waals surface area contributed by atoms with Crippen molar-refractivity contribution >= 4 is 28.6 Å². The standard InChI is InChI=1S/C32H44N4O4/c1-3-23(18-22-20-32(36-29(22)37)15-8-5-9-16-32)33-30(38)26(17-21-11-6-4-7-12-21)35-31(39)27-19-24-25(34-27)13-10-14-28(24)40-2/h3,10,13-14,19,21-23,26,34H,1,4-9,11-12,15-18,20H2,2H3,(H,33,38)(H,35,39)(H,36,37)/t22?,23-,26+/m1/s1. The number of fused-ring (bicyclic) bond motifs is 1. The fourth-order valence-corrected chi connectivity index (χ4v) is 7.18. The van der Waals surface area contributed by atoms with Gasteiger partial charge in [-0.15, -0.1) is 6.58 Å². The summed E-state index contributed by atoms with van der Waals surface area (Å²) in [7, 11) is 1.60. The van der Waals surface area contributed by atoms with E-state index in [1.165, 1.54) is 12.8 Å². The van der Waals surface area contributed by atoms with Crippen molar-refractivity contribution in [2.24, 2.45) is 11.8 Å². The highest BCUT2D eigenvalue weighted by molar-refractivity contribution is 6.01. The summed E-state index contributed by atoms with van der Waals surface area (Å²) in [5.41, 5.74) is 1.12. The molecule has 0 bridgehead atoms. The van der Waals surface area contributed by atoms with Gasteiger partial charge in [0.05, 0.1) is 7.11 Å². The van der Waals surface area contributed by atoms with Crippen LogP contribution in [0.25, 0.3) is 10.9 Å². The number of nitrogens with one attached hydrogen (secondary N) is 4. The highest BCUT2D eigenvalue weighted by atomic mass is 16.5. The number of ether oxygens (including phenoxy) is 1. The summed E-state index contributed by atoms with van der Waals surface area (Å²) in [6.45, 7) is 3.96. The Morgan fingerprint density at radius 2 is 1.85 bits per heavy atom. The van der Waals surface area contributed by atoms with Gasteiger partial charge in [0, 0.05) is 28.4 Å². The first-order chi connectivity index (χ1) is 19.4. The van der Waals surface area contributed by atoms with Crippen molar-refractivity contribution in [3.63, 3.8) is 0 Å². The number of rotatable bonds is 10. The summed E-state index contributed by atoms with van der Waals surface area (Å²) in [6, 6.07) is 6.37. The third-order valence-corrected chi connectivity index (χ3v) is 9.36. The van der Waals surface area contributed by atoms with Gasteiger partial charge in [0.25, 0.3) is 5.91 Å². The van der Waals surface area contributed by atoms with E-state index in [0.717, 1.165) is 68.7 Å². The maximum Gasteiger partial charge on any atom is 0.268 e. The van der Waals surface area contributed by atoms with Crippen molar-refractivity contribution in [2.45, 2.75) is 101 Å². The van der Waals surface area contributed by atoms with Gasteiger partial charge < -0.3 is 25.7 Å². The van der Waals surface area contributed by atoms with Crippen LogP contribution < -0.4 is 20.7 Å². The summed E-state index contributed by atoms with van der Waals surface area (Å²) < 4.78 is 5.44. The molecule has 216 valence electrons. The maximum absolute atomic E-state index is 13.7. The Balaban J connectivity index is 1.27. The summed E-state index contributed by atoms with van der Waals surface area (Å²) in [5, 5.41) is 10.2. The number of carbonyl (C=O) groups excluding carboxylic acids is 3. The number of methoxy groups -OCH3 is 1. The topological polar surface area (TPSA) is 112 Å². The van der Waals surface area contributed by atoms with Gasteiger partial charge in [-0.3, -0.25) is 14.4 Å². The first kappa shape index (κ1) is 28.2. The van der Waals surface area contributed by atoms with Crippen LogP contribution in [0.4, 0.5) is 0 Å². The van der Waals surface area contributed by atoms with Gasteiger partial charge in [-0.25, -0.2) is 0 Å². The number of aromatic amines is 1. The Labute approximate surface area is 237 Å². The van der Waals surface area contributed by atoms with E-state index in [1.807, 2.05) is 18.2 Å². The largest absolute Gasteiger partial charge is 0.496 e. The monoisotopic (exact) mass is 548 g/mol. The number of hydrogen-bond donors (Lipinski definition) is 4. The Morgan fingerprint density at radius 1 is 1.10 bits per heavy atom. The van der Waals surface area contributed by atoms with Crippen LogP contribution in [0.1, 0.15) is 94.0 Å². The van der Waals surface area contributed by atoms with Gasteiger partial charge in [-0.1, -0.05) is 63.5 Å². The van der Waals surface area contributed by atoms with E-state index in [1.54, 1.807) is 19.3 Å². The van der Waals surface area contributed by atoms with Crippen molar-refractivity contribution in [2.75, 3.05) is 7.11 Å². The molecule has 3 aliphatic rings. The predicted octanol–water partition coefficient (Wildman–Crippen LogP) is 5.15. The summed E-state index contributed by atoms with van der Waals surface area (Å²) in [5.74, 6) is 0.478. The fraction of sp³-hybridized carbons (Fsp3) is 0.594. The third kappa shape index (κ3) is 6.37. The van der Waals surface area contributed by atoms with Gasteiger partial charge in [-0.2, -0.15) is 0 Å². The molecule has 1 unspecified atom stereocenters. The molecule has 2 heterocycles. The van der Waals surface area contributed by atoms with Gasteiger partial charge in [0.1, 0.15) is 17.5 Å². The van der Waals surface area contributed by atoms with E-state index in [-0.39, 0.29) is 35.2 Å². The molecule has 1 aliphatic heterocycles. The van der Waals surface area contributed by atoms with E-state index in [4.69, 9.17) is 4.74 Å². The molecule has 1 aromatic carbocycles. The summed E-state index contributed by atoms with van der Waals surface area (Å²) in [4.78, 5) is 43.1. The molecule has 40 heavy (non-hydrogen) atoms. The molecule has 1 spiro atoms. The molecule has 4 N–H and O–H groups in total. The third-order valence-electron chi connectivity index (χ3n) is 9.36. The lowest BCUT2D eigenvalue weighted by Gasteiger charge is -2.33. The molecule has 0 radical (unpaired) electrons. The highest BCUT2D eigenvalue weighted by Gasteiger charge is 2.45. The molecular formula is C32H44N4O4. The highest BCUT2D eigenvalue weighted by Crippen LogP contribution is 2.39. The zero-order chi connectivity index (χ0) is 28.1. The molecule has 5 rings (SSSR count). The summed E-state index contributed by atoms with van der Waals surface area (Å²) >= 11 is 0. The Bertz CT molecular complexity index is 1220. The van der Waals surface area contributed by atoms with E-state index in [0.29, 0.717) is 30.2 Å². The van der Waals surface area contributed by atoms with Gasteiger partial charge >= 0.3 is 0 Å². The number of amides is 3. The van der Waals surface area contributed by atoms with Crippen molar-refractivity contribution in [1.82, 2.24) is 20.9 Å². The second-order valence-electron chi connectivity index (χ2n) is 12.2. The minimum atomic E-state index is -0.673. The number of H-pyrrole nitrogens is 1. The molecule has 8 heteroatoms. The van der Waals surface area contributed by atoms with Crippen LogP contribution in [-0.2, 0) is 9.59 Å². The average molecular weight is 549 g/mol. The maximum atomic E-state index is 13.7. The second kappa shape index (κ2) is 12.5. The second-order valence-corrected chi connectivity index (χ2v) is 12.2. The minimum absolute atomic E-state index is 0.0739. The first-order valence-corrected chi connectivity index (χ1v) is 15.1. The van der Waals surface area contributed by atoms with Gasteiger partial charge in [0.2, 0.25) is 11.8 Å². The zero-order valence-corrected chi connectivity index (χ0v) is 23.7. The van der Waals surface area contributed by atoms with Gasteiger partial charge in [0.15, 0.2) is 0 Å². The number of aromatic nitrogens is 1. The van der Waals surface area contributed by atoms with Crippen LogP contribution in [-0.4, -0.2) is 47.4 Å². The quantitative estimate of drug-likeness (QED) is 0.308. The van der Waals surface area contributed by atoms with E-state index in [2.05, 4.69) is 27.5 Å². The molecule has 8 nitrogen and oxygen atoms in total. The van der Waals surface area contributed by atoms with E-state index < -0.39 is 6.04 Å². The van der Waals surface area contributed by atoms with Crippen LogP contribution in [0.3, 0.4) is 0 Å². The fourth-order valence-electron chi connectivity index (χ4n) is 7.18. The number of benzene rings is 1. The zero-order valence-electron chi connectivity index (χ0n) is 23.7. The van der Waals surface area contributed by atoms with Crippen molar-refractivity contribution < 1.29 is 19.1 Å². The molecule has 1 saturated heterocycles. The molecule has 3 amide bonds. The predicted molar refractivity (Wildman–Crippen MR) is 156 cm³/mol. The van der Waals surface area contributed by atoms with Crippen LogP contribution in [0.5, 0.6) is 5.75 Å². The van der Waals surface area contributed by atoms with Crippen LogP contribution in [0, 0.1) is 11.8 Å². The van der Waals surface area contributed by atoms with Crippen LogP contribution in [0.2, 0.25) is 0 Å². The normalized spacial score (nSPS) is 22.4. The lowest BCUT2D eigenvalue weighted by atomic mass is 9.78. The molecule has 3 fully saturated rings. The Hall–Kier alpha value is -3.29. The van der Waals surface area contributed by atoms with E-state index >= 15 is 0 Å². The minimum Gasteiger partial charge on any atom is -0.496 e. The van der Waals surface area contributed by atoms with Crippen molar-refractivity contribution in [3.05, 3.63) is 42.6 Å². The number of hydrogen-bond acceptors (Lipinski definition) is 4. The molecule has 1 aromatic heterocycles. The van der Waals surface area contributed by atoms with Crippen molar-refractivity contribution in [1.29, 1.82) is 0 Å². The average Bonchev–Trinajstić information content (AvgIpc) is 3.53. The van der Waals surface area contributed by atoms with Crippen LogP contribution >= 0.6 is 0 Å². The smallest absolute Gasteiger partial charge is 0.268 e.